The second-order valence-corrected chi connectivity index (χ2v) is 5.45. The van der Waals surface area contributed by atoms with Gasteiger partial charge in [-0.3, -0.25) is 9.59 Å². The number of nitrogens with zero attached hydrogens (tertiary/aromatic N) is 1. The van der Waals surface area contributed by atoms with Crippen LogP contribution < -0.4 is 4.74 Å². The maximum Gasteiger partial charge on any atom is 0.323 e. The Morgan fingerprint density at radius 2 is 1.90 bits per heavy atom. The number of ether oxygens (including phenoxy) is 1. The number of carbonyl (C=O) groups excluding carboxylic acids is 1. The van der Waals surface area contributed by atoms with Crippen molar-refractivity contribution in [3.05, 3.63) is 24.3 Å². The van der Waals surface area contributed by atoms with E-state index in [0.29, 0.717) is 13.2 Å². The van der Waals surface area contributed by atoms with Gasteiger partial charge in [0.15, 0.2) is 0 Å². The molecule has 0 aliphatic heterocycles. The maximum absolute atomic E-state index is 12.0. The molecular weight excluding hydrogens is 290 g/mol. The molecule has 0 spiro atoms. The summed E-state index contributed by atoms with van der Waals surface area (Å²) in [7, 11) is 0. The molecule has 21 heavy (non-hydrogen) atoms. The van der Waals surface area contributed by atoms with Gasteiger partial charge in [-0.05, 0) is 37.6 Å². The van der Waals surface area contributed by atoms with Crippen LogP contribution in [-0.2, 0) is 9.59 Å². The zero-order chi connectivity index (χ0) is 15.7. The Morgan fingerprint density at radius 3 is 2.43 bits per heavy atom. The van der Waals surface area contributed by atoms with E-state index in [9.17, 15) is 9.59 Å². The molecule has 0 saturated heterocycles. The number of benzene rings is 1. The van der Waals surface area contributed by atoms with Crippen molar-refractivity contribution in [1.82, 2.24) is 4.90 Å². The van der Waals surface area contributed by atoms with Gasteiger partial charge in [0.2, 0.25) is 5.91 Å². The molecule has 116 valence electrons. The third kappa shape index (κ3) is 6.53. The standard InChI is InChI=1S/C15H21NO4S/c1-3-9-16(10-15(18)19)14(17)11-21-13-7-5-12(6-8-13)20-4-2/h5-8H,3-4,9-11H2,1-2H3,(H,18,19). The summed E-state index contributed by atoms with van der Waals surface area (Å²) in [6, 6.07) is 7.50. The van der Waals surface area contributed by atoms with Crippen LogP contribution in [0.25, 0.3) is 0 Å². The second kappa shape index (κ2) is 9.28. The Morgan fingerprint density at radius 1 is 1.24 bits per heavy atom. The first-order chi connectivity index (χ1) is 10.1. The largest absolute Gasteiger partial charge is 0.494 e. The van der Waals surface area contributed by atoms with Gasteiger partial charge in [-0.15, -0.1) is 11.8 Å². The molecule has 0 saturated carbocycles. The Kier molecular flexibility index (Phi) is 7.68. The molecule has 1 rings (SSSR count). The summed E-state index contributed by atoms with van der Waals surface area (Å²) in [5.74, 6) is -0.103. The van der Waals surface area contributed by atoms with E-state index >= 15 is 0 Å². The van der Waals surface area contributed by atoms with Crippen molar-refractivity contribution in [1.29, 1.82) is 0 Å². The molecule has 0 unspecified atom stereocenters. The number of hydrogen-bond acceptors (Lipinski definition) is 4. The molecule has 1 N–H and O–H groups in total. The average molecular weight is 311 g/mol. The van der Waals surface area contributed by atoms with Crippen molar-refractivity contribution in [2.45, 2.75) is 25.2 Å². The van der Waals surface area contributed by atoms with Crippen LogP contribution in [-0.4, -0.2) is 47.3 Å². The van der Waals surface area contributed by atoms with Crippen LogP contribution >= 0.6 is 11.8 Å². The van der Waals surface area contributed by atoms with Gasteiger partial charge in [-0.25, -0.2) is 0 Å². The molecule has 0 bridgehead atoms. The highest BCUT2D eigenvalue weighted by Gasteiger charge is 2.15. The minimum Gasteiger partial charge on any atom is -0.494 e. The van der Waals surface area contributed by atoms with Crippen LogP contribution in [0.2, 0.25) is 0 Å². The monoisotopic (exact) mass is 311 g/mol. The van der Waals surface area contributed by atoms with Crippen LogP contribution in [0.1, 0.15) is 20.3 Å². The number of carbonyl (C=O) groups is 2. The zero-order valence-corrected chi connectivity index (χ0v) is 13.2. The van der Waals surface area contributed by atoms with Gasteiger partial charge >= 0.3 is 5.97 Å². The van der Waals surface area contributed by atoms with Crippen molar-refractivity contribution >= 4 is 23.6 Å². The highest BCUT2D eigenvalue weighted by atomic mass is 32.2. The molecule has 0 aromatic heterocycles. The predicted octanol–water partition coefficient (Wildman–Crippen LogP) is 2.50. The Hall–Kier alpha value is -1.69. The van der Waals surface area contributed by atoms with Gasteiger partial charge in [0.1, 0.15) is 12.3 Å². The van der Waals surface area contributed by atoms with E-state index < -0.39 is 5.97 Å². The number of carboxylic acids is 1. The lowest BCUT2D eigenvalue weighted by molar-refractivity contribution is -0.143. The lowest BCUT2D eigenvalue weighted by Crippen LogP contribution is -2.37. The first-order valence-corrected chi connectivity index (χ1v) is 7.90. The first-order valence-electron chi connectivity index (χ1n) is 6.92. The number of carboxylic acid groups (broad SMARTS) is 1. The number of hydrogen-bond donors (Lipinski definition) is 1. The fourth-order valence-electron chi connectivity index (χ4n) is 1.76. The summed E-state index contributed by atoms with van der Waals surface area (Å²) in [5.41, 5.74) is 0. The maximum atomic E-state index is 12.0. The molecule has 0 atom stereocenters. The van der Waals surface area contributed by atoms with Gasteiger partial charge in [-0.2, -0.15) is 0 Å². The molecule has 0 aliphatic rings. The molecule has 0 aliphatic carbocycles. The predicted molar refractivity (Wildman–Crippen MR) is 82.8 cm³/mol. The smallest absolute Gasteiger partial charge is 0.323 e. The van der Waals surface area contributed by atoms with Crippen molar-refractivity contribution < 1.29 is 19.4 Å². The van der Waals surface area contributed by atoms with E-state index in [1.54, 1.807) is 0 Å². The van der Waals surface area contributed by atoms with Gasteiger partial charge in [-0.1, -0.05) is 6.92 Å². The van der Waals surface area contributed by atoms with E-state index in [4.69, 9.17) is 9.84 Å². The van der Waals surface area contributed by atoms with Crippen molar-refractivity contribution in [3.63, 3.8) is 0 Å². The Bertz CT molecular complexity index is 461. The van der Waals surface area contributed by atoms with Crippen molar-refractivity contribution in [2.24, 2.45) is 0 Å². The summed E-state index contributed by atoms with van der Waals surface area (Å²) in [6.07, 6.45) is 0.743. The highest BCUT2D eigenvalue weighted by Crippen LogP contribution is 2.21. The number of amides is 1. The van der Waals surface area contributed by atoms with Gasteiger partial charge in [0, 0.05) is 11.4 Å². The highest BCUT2D eigenvalue weighted by molar-refractivity contribution is 8.00. The molecule has 0 radical (unpaired) electrons. The number of aliphatic carboxylic acids is 1. The van der Waals surface area contributed by atoms with Crippen LogP contribution in [0.5, 0.6) is 5.75 Å². The molecule has 5 nitrogen and oxygen atoms in total. The quantitative estimate of drug-likeness (QED) is 0.710. The fourth-order valence-corrected chi connectivity index (χ4v) is 2.56. The van der Waals surface area contributed by atoms with Crippen molar-refractivity contribution in [3.8, 4) is 5.75 Å². The minimum absolute atomic E-state index is 0.155. The summed E-state index contributed by atoms with van der Waals surface area (Å²) < 4.78 is 5.35. The molecule has 1 aromatic rings. The average Bonchev–Trinajstić information content (AvgIpc) is 2.45. The summed E-state index contributed by atoms with van der Waals surface area (Å²) in [5, 5.41) is 8.81. The van der Waals surface area contributed by atoms with Gasteiger partial charge in [0.25, 0.3) is 0 Å². The topological polar surface area (TPSA) is 66.8 Å². The van der Waals surface area contributed by atoms with E-state index in [0.717, 1.165) is 17.1 Å². The number of thioether (sulfide) groups is 1. The van der Waals surface area contributed by atoms with Gasteiger partial charge in [0.05, 0.1) is 12.4 Å². The third-order valence-corrected chi connectivity index (χ3v) is 3.67. The van der Waals surface area contributed by atoms with Crippen LogP contribution in [0, 0.1) is 0 Å². The van der Waals surface area contributed by atoms with E-state index in [1.807, 2.05) is 38.1 Å². The van der Waals surface area contributed by atoms with Crippen molar-refractivity contribution in [2.75, 3.05) is 25.4 Å². The summed E-state index contributed by atoms with van der Waals surface area (Å²) >= 11 is 1.40. The Balaban J connectivity index is 2.51. The normalized spacial score (nSPS) is 10.2. The molecule has 1 amide bonds. The SMILES string of the molecule is CCCN(CC(=O)O)C(=O)CSc1ccc(OCC)cc1. The fraction of sp³-hybridized carbons (Fsp3) is 0.467. The lowest BCUT2D eigenvalue weighted by Gasteiger charge is -2.19. The van der Waals surface area contributed by atoms with Crippen LogP contribution in [0.15, 0.2) is 29.2 Å². The minimum atomic E-state index is -0.983. The van der Waals surface area contributed by atoms with Crippen LogP contribution in [0.4, 0.5) is 0 Å². The molecule has 6 heteroatoms. The number of rotatable bonds is 9. The molecule has 0 fully saturated rings. The molecule has 0 heterocycles. The van der Waals surface area contributed by atoms with Crippen LogP contribution in [0.3, 0.4) is 0 Å². The first kappa shape index (κ1) is 17.4. The molecule has 1 aromatic carbocycles. The van der Waals surface area contributed by atoms with E-state index in [-0.39, 0.29) is 18.2 Å². The van der Waals surface area contributed by atoms with Gasteiger partial charge < -0.3 is 14.7 Å². The van der Waals surface area contributed by atoms with E-state index in [1.165, 1.54) is 16.7 Å². The third-order valence-electron chi connectivity index (χ3n) is 2.67. The molecular formula is C15H21NO4S. The summed E-state index contributed by atoms with van der Waals surface area (Å²) in [6.45, 7) is 4.69. The second-order valence-electron chi connectivity index (χ2n) is 4.40. The van der Waals surface area contributed by atoms with E-state index in [2.05, 4.69) is 0 Å². The zero-order valence-electron chi connectivity index (χ0n) is 12.4. The Labute approximate surface area is 129 Å². The summed E-state index contributed by atoms with van der Waals surface area (Å²) in [4.78, 5) is 25.1. The lowest BCUT2D eigenvalue weighted by atomic mass is 10.3.